The van der Waals surface area contributed by atoms with Crippen molar-refractivity contribution in [2.45, 2.75) is 18.9 Å². The molecule has 1 aromatic heterocycles. The molecular formula is C28H29N5O4. The summed E-state index contributed by atoms with van der Waals surface area (Å²) in [6, 6.07) is 15.9. The Kier molecular flexibility index (Phi) is 6.43. The molecule has 9 nitrogen and oxygen atoms in total. The molecule has 4 heterocycles. The van der Waals surface area contributed by atoms with Crippen molar-refractivity contribution in [1.82, 2.24) is 9.47 Å². The van der Waals surface area contributed by atoms with Crippen LogP contribution in [0.1, 0.15) is 28.8 Å². The Morgan fingerprint density at radius 3 is 2.59 bits per heavy atom. The number of nitrogens with zero attached hydrogens (tertiary/aromatic N) is 4. The largest absolute Gasteiger partial charge is 0.454 e. The first-order valence-electron chi connectivity index (χ1n) is 12.7. The molecule has 2 fully saturated rings. The molecule has 9 heteroatoms. The lowest BCUT2D eigenvalue weighted by atomic mass is 10.0. The Bertz CT molecular complexity index is 1330. The molecule has 2 saturated heterocycles. The molecule has 0 unspecified atom stereocenters. The lowest BCUT2D eigenvalue weighted by Crippen LogP contribution is -2.49. The SMILES string of the molecule is N#Cc1cc(NC(=O)c2ccn(-c3ccc4c(c3)OCO4)c2)ccc1N1CCC(N2CCOCC2)CC1. The molecule has 190 valence electrons. The van der Waals surface area contributed by atoms with Crippen molar-refractivity contribution in [1.29, 1.82) is 5.26 Å². The fourth-order valence-electron chi connectivity index (χ4n) is 5.33. The fourth-order valence-corrected chi connectivity index (χ4v) is 5.33. The van der Waals surface area contributed by atoms with Crippen molar-refractivity contribution < 1.29 is 19.0 Å². The van der Waals surface area contributed by atoms with E-state index in [0.717, 1.165) is 63.6 Å². The highest BCUT2D eigenvalue weighted by molar-refractivity contribution is 6.04. The van der Waals surface area contributed by atoms with E-state index in [1.54, 1.807) is 18.3 Å². The quantitative estimate of drug-likeness (QED) is 0.573. The van der Waals surface area contributed by atoms with Crippen LogP contribution in [0, 0.1) is 11.3 Å². The molecule has 3 aromatic rings. The molecule has 0 radical (unpaired) electrons. The van der Waals surface area contributed by atoms with E-state index in [-0.39, 0.29) is 12.7 Å². The average molecular weight is 500 g/mol. The molecular weight excluding hydrogens is 470 g/mol. The second kappa shape index (κ2) is 10.2. The van der Waals surface area contributed by atoms with Crippen molar-refractivity contribution in [2.24, 2.45) is 0 Å². The van der Waals surface area contributed by atoms with Crippen LogP contribution in [0.2, 0.25) is 0 Å². The molecule has 2 aromatic carbocycles. The number of morpholine rings is 1. The summed E-state index contributed by atoms with van der Waals surface area (Å²) in [4.78, 5) is 17.8. The summed E-state index contributed by atoms with van der Waals surface area (Å²) in [7, 11) is 0. The predicted octanol–water partition coefficient (Wildman–Crippen LogP) is 3.63. The Morgan fingerprint density at radius 2 is 1.78 bits per heavy atom. The number of hydrogen-bond acceptors (Lipinski definition) is 7. The monoisotopic (exact) mass is 499 g/mol. The molecule has 6 rings (SSSR count). The first kappa shape index (κ1) is 23.4. The van der Waals surface area contributed by atoms with Crippen molar-refractivity contribution in [3.8, 4) is 23.3 Å². The minimum atomic E-state index is -0.234. The van der Waals surface area contributed by atoms with Crippen molar-refractivity contribution in [3.63, 3.8) is 0 Å². The molecule has 37 heavy (non-hydrogen) atoms. The van der Waals surface area contributed by atoms with Gasteiger partial charge in [0.2, 0.25) is 6.79 Å². The van der Waals surface area contributed by atoms with Crippen LogP contribution < -0.4 is 19.7 Å². The molecule has 0 spiro atoms. The second-order valence-corrected chi connectivity index (χ2v) is 9.51. The van der Waals surface area contributed by atoms with Gasteiger partial charge in [-0.2, -0.15) is 5.26 Å². The summed E-state index contributed by atoms with van der Waals surface area (Å²) >= 11 is 0. The zero-order chi connectivity index (χ0) is 25.2. The van der Waals surface area contributed by atoms with E-state index in [4.69, 9.17) is 14.2 Å². The zero-order valence-corrected chi connectivity index (χ0v) is 20.6. The van der Waals surface area contributed by atoms with E-state index in [0.29, 0.717) is 34.4 Å². The van der Waals surface area contributed by atoms with Gasteiger partial charge in [0.1, 0.15) is 6.07 Å². The molecule has 1 N–H and O–H groups in total. The fraction of sp³-hybridized carbons (Fsp3) is 0.357. The average Bonchev–Trinajstić information content (AvgIpc) is 3.63. The van der Waals surface area contributed by atoms with Gasteiger partial charge in [-0.25, -0.2) is 0 Å². The van der Waals surface area contributed by atoms with E-state index in [1.165, 1.54) is 0 Å². The third-order valence-electron chi connectivity index (χ3n) is 7.35. The van der Waals surface area contributed by atoms with Crippen molar-refractivity contribution >= 4 is 17.3 Å². The first-order chi connectivity index (χ1) is 18.2. The lowest BCUT2D eigenvalue weighted by molar-refractivity contribution is 0.0115. The highest BCUT2D eigenvalue weighted by atomic mass is 16.7. The molecule has 3 aliphatic rings. The maximum absolute atomic E-state index is 12.9. The van der Waals surface area contributed by atoms with Crippen molar-refractivity contribution in [2.75, 3.05) is 56.4 Å². The number of nitriles is 1. The van der Waals surface area contributed by atoms with E-state index in [2.05, 4.69) is 21.2 Å². The first-order valence-corrected chi connectivity index (χ1v) is 12.7. The molecule has 0 aliphatic carbocycles. The number of piperidine rings is 1. The highest BCUT2D eigenvalue weighted by Gasteiger charge is 2.27. The number of ether oxygens (including phenoxy) is 3. The van der Waals surface area contributed by atoms with Crippen molar-refractivity contribution in [3.05, 3.63) is 66.0 Å². The van der Waals surface area contributed by atoms with Crippen LogP contribution >= 0.6 is 0 Å². The van der Waals surface area contributed by atoms with Crippen LogP contribution in [0.25, 0.3) is 5.69 Å². The smallest absolute Gasteiger partial charge is 0.257 e. The number of carbonyl (C=O) groups excluding carboxylic acids is 1. The number of anilines is 2. The van der Waals surface area contributed by atoms with Gasteiger partial charge in [0.15, 0.2) is 11.5 Å². The summed E-state index contributed by atoms with van der Waals surface area (Å²) in [6.07, 6.45) is 5.75. The number of benzene rings is 2. The second-order valence-electron chi connectivity index (χ2n) is 9.51. The van der Waals surface area contributed by atoms with Crippen LogP contribution in [0.4, 0.5) is 11.4 Å². The molecule has 0 saturated carbocycles. The van der Waals surface area contributed by atoms with E-state index >= 15 is 0 Å². The standard InChI is InChI=1S/C28H29N5O4/c29-17-21-15-22(1-3-25(21)32-9-6-23(7-10-32)31-11-13-35-14-12-31)30-28(34)20-5-8-33(18-20)24-2-4-26-27(16-24)37-19-36-26/h1-5,8,15-16,18,23H,6-7,9-14,19H2,(H,30,34). The number of fused-ring (bicyclic) bond motifs is 1. The summed E-state index contributed by atoms with van der Waals surface area (Å²) in [5.41, 5.74) is 3.49. The lowest BCUT2D eigenvalue weighted by Gasteiger charge is -2.41. The number of carbonyl (C=O) groups is 1. The summed E-state index contributed by atoms with van der Waals surface area (Å²) < 4.78 is 18.2. The number of amides is 1. The Labute approximate surface area is 215 Å². The highest BCUT2D eigenvalue weighted by Crippen LogP contribution is 2.34. The normalized spacial score (nSPS) is 18.0. The zero-order valence-electron chi connectivity index (χ0n) is 20.6. The van der Waals surface area contributed by atoms with Gasteiger partial charge in [-0.05, 0) is 49.2 Å². The van der Waals surface area contributed by atoms with Crippen LogP contribution in [0.3, 0.4) is 0 Å². The van der Waals surface area contributed by atoms with Crippen LogP contribution in [-0.4, -0.2) is 67.6 Å². The van der Waals surface area contributed by atoms with Crippen LogP contribution in [0.5, 0.6) is 11.5 Å². The van der Waals surface area contributed by atoms with Crippen LogP contribution in [-0.2, 0) is 4.74 Å². The Balaban J connectivity index is 1.10. The van der Waals surface area contributed by atoms with Gasteiger partial charge >= 0.3 is 0 Å². The minimum absolute atomic E-state index is 0.217. The number of nitrogens with one attached hydrogen (secondary N) is 1. The maximum atomic E-state index is 12.9. The van der Waals surface area contributed by atoms with Gasteiger partial charge in [-0.15, -0.1) is 0 Å². The number of rotatable bonds is 5. The Morgan fingerprint density at radius 1 is 0.973 bits per heavy atom. The van der Waals surface area contributed by atoms with Gasteiger partial charge in [0.25, 0.3) is 5.91 Å². The van der Waals surface area contributed by atoms with Gasteiger partial charge in [-0.1, -0.05) is 0 Å². The van der Waals surface area contributed by atoms with Gasteiger partial charge < -0.3 is 29.0 Å². The molecule has 3 aliphatic heterocycles. The molecule has 1 amide bonds. The van der Waals surface area contributed by atoms with Gasteiger partial charge in [-0.3, -0.25) is 9.69 Å². The summed E-state index contributed by atoms with van der Waals surface area (Å²) in [5.74, 6) is 1.17. The molecule has 0 atom stereocenters. The summed E-state index contributed by atoms with van der Waals surface area (Å²) in [6.45, 7) is 5.68. The van der Waals surface area contributed by atoms with E-state index in [1.807, 2.05) is 41.1 Å². The predicted molar refractivity (Wildman–Crippen MR) is 139 cm³/mol. The Hall–Kier alpha value is -4.00. The molecule has 0 bridgehead atoms. The van der Waals surface area contributed by atoms with Gasteiger partial charge in [0, 0.05) is 62.1 Å². The number of aromatic nitrogens is 1. The maximum Gasteiger partial charge on any atom is 0.257 e. The van der Waals surface area contributed by atoms with E-state index < -0.39 is 0 Å². The minimum Gasteiger partial charge on any atom is -0.454 e. The van der Waals surface area contributed by atoms with Gasteiger partial charge in [0.05, 0.1) is 30.0 Å². The summed E-state index contributed by atoms with van der Waals surface area (Å²) in [5, 5.41) is 12.8. The topological polar surface area (TPSA) is 92.0 Å². The van der Waals surface area contributed by atoms with Crippen LogP contribution in [0.15, 0.2) is 54.9 Å². The third-order valence-corrected chi connectivity index (χ3v) is 7.35. The van der Waals surface area contributed by atoms with E-state index in [9.17, 15) is 10.1 Å². The number of hydrogen-bond donors (Lipinski definition) is 1. The third kappa shape index (κ3) is 4.86.